The monoisotopic (exact) mass is 430 g/mol. The molecule has 1 saturated carbocycles. The fraction of sp³-hybridized carbons (Fsp3) is 0.300. The van der Waals surface area contributed by atoms with Gasteiger partial charge in [0.1, 0.15) is 21.6 Å². The summed E-state index contributed by atoms with van der Waals surface area (Å²) in [4.78, 5) is 26.0. The van der Waals surface area contributed by atoms with Gasteiger partial charge in [0.25, 0.3) is 11.6 Å². The predicted octanol–water partition coefficient (Wildman–Crippen LogP) is 5.01. The first-order chi connectivity index (χ1) is 14.0. The second-order valence-corrected chi connectivity index (χ2v) is 8.51. The number of hydrogen-bond acceptors (Lipinski definition) is 7. The van der Waals surface area contributed by atoms with Crippen molar-refractivity contribution >= 4 is 46.0 Å². The van der Waals surface area contributed by atoms with Crippen LogP contribution in [0.1, 0.15) is 31.4 Å². The van der Waals surface area contributed by atoms with Crippen LogP contribution in [0.4, 0.5) is 5.69 Å². The second-order valence-electron chi connectivity index (χ2n) is 6.83. The molecule has 150 valence electrons. The smallest absolute Gasteiger partial charge is 0.284 e. The lowest BCUT2D eigenvalue weighted by atomic mass is 10.1. The van der Waals surface area contributed by atoms with Crippen LogP contribution < -0.4 is 4.74 Å². The Morgan fingerprint density at radius 2 is 2.07 bits per heavy atom. The van der Waals surface area contributed by atoms with E-state index in [1.165, 1.54) is 24.9 Å². The van der Waals surface area contributed by atoms with E-state index in [4.69, 9.17) is 21.4 Å². The third-order valence-corrected chi connectivity index (χ3v) is 6.41. The van der Waals surface area contributed by atoms with Gasteiger partial charge in [0.2, 0.25) is 0 Å². The number of carbonyl (C=O) groups excluding carboxylic acids is 1. The molecule has 0 spiro atoms. The average molecular weight is 431 g/mol. The predicted molar refractivity (Wildman–Crippen MR) is 115 cm³/mol. The largest absolute Gasteiger partial charge is 0.497 e. The van der Waals surface area contributed by atoms with Crippen molar-refractivity contribution in [2.75, 3.05) is 7.11 Å². The number of nitro benzene ring substituents is 1. The standard InChI is InChI=1S/C20H18N2O5S2/c1-26-13-6-8-15(16(10-13)22(24)25)17-9-7-14(27-17)11-18-19(23)21(20(28)29-18)12-4-2-3-5-12/h6-12H,2-5H2,1H3/b18-11-. The van der Waals surface area contributed by atoms with Crippen LogP contribution >= 0.6 is 24.0 Å². The molecule has 2 heterocycles. The maximum atomic E-state index is 12.8. The summed E-state index contributed by atoms with van der Waals surface area (Å²) in [6.45, 7) is 0. The van der Waals surface area contributed by atoms with Crippen LogP contribution in [-0.4, -0.2) is 33.2 Å². The number of amides is 1. The SMILES string of the molecule is COc1ccc(-c2ccc(/C=C3\SC(=S)N(C4CCCC4)C3=O)o2)c([N+](=O)[O-])c1. The van der Waals surface area contributed by atoms with Gasteiger partial charge in [0.05, 0.1) is 28.6 Å². The van der Waals surface area contributed by atoms with Gasteiger partial charge < -0.3 is 9.15 Å². The number of nitrogens with zero attached hydrogens (tertiary/aromatic N) is 2. The zero-order chi connectivity index (χ0) is 20.5. The van der Waals surface area contributed by atoms with Crippen molar-refractivity contribution in [2.24, 2.45) is 0 Å². The highest BCUT2D eigenvalue weighted by Gasteiger charge is 2.38. The molecule has 1 aromatic heterocycles. The molecule has 0 radical (unpaired) electrons. The number of hydrogen-bond donors (Lipinski definition) is 0. The third-order valence-electron chi connectivity index (χ3n) is 5.08. The highest BCUT2D eigenvalue weighted by Crippen LogP contribution is 2.39. The van der Waals surface area contributed by atoms with Crippen LogP contribution in [0.25, 0.3) is 17.4 Å². The van der Waals surface area contributed by atoms with Crippen LogP contribution in [0.3, 0.4) is 0 Å². The van der Waals surface area contributed by atoms with Gasteiger partial charge in [-0.05, 0) is 37.1 Å². The lowest BCUT2D eigenvalue weighted by Gasteiger charge is -2.21. The topological polar surface area (TPSA) is 85.8 Å². The summed E-state index contributed by atoms with van der Waals surface area (Å²) in [5.74, 6) is 1.08. The molecule has 9 heteroatoms. The van der Waals surface area contributed by atoms with Gasteiger partial charge in [0, 0.05) is 12.1 Å². The summed E-state index contributed by atoms with van der Waals surface area (Å²) in [6.07, 6.45) is 5.83. The number of furan rings is 1. The first-order valence-corrected chi connectivity index (χ1v) is 10.4. The molecule has 1 aromatic carbocycles. The molecule has 0 atom stereocenters. The van der Waals surface area contributed by atoms with Gasteiger partial charge in [-0.2, -0.15) is 0 Å². The molecule has 0 unspecified atom stereocenters. The van der Waals surface area contributed by atoms with Crippen LogP contribution in [0, 0.1) is 10.1 Å². The summed E-state index contributed by atoms with van der Waals surface area (Å²) < 4.78 is 11.4. The minimum Gasteiger partial charge on any atom is -0.497 e. The lowest BCUT2D eigenvalue weighted by Crippen LogP contribution is -2.36. The maximum Gasteiger partial charge on any atom is 0.284 e. The number of ether oxygens (including phenoxy) is 1. The van der Waals surface area contributed by atoms with Crippen molar-refractivity contribution in [2.45, 2.75) is 31.7 Å². The van der Waals surface area contributed by atoms with E-state index in [1.54, 1.807) is 35.2 Å². The summed E-state index contributed by atoms with van der Waals surface area (Å²) in [6, 6.07) is 8.09. The van der Waals surface area contributed by atoms with Crippen LogP contribution in [0.2, 0.25) is 0 Å². The first-order valence-electron chi connectivity index (χ1n) is 9.17. The Bertz CT molecular complexity index is 1020. The molecule has 29 heavy (non-hydrogen) atoms. The fourth-order valence-electron chi connectivity index (χ4n) is 3.66. The minimum absolute atomic E-state index is 0.0970. The number of thioether (sulfide) groups is 1. The maximum absolute atomic E-state index is 12.8. The molecule has 1 aliphatic heterocycles. The van der Waals surface area contributed by atoms with Crippen molar-refractivity contribution < 1.29 is 18.9 Å². The Morgan fingerprint density at radius 3 is 2.76 bits per heavy atom. The van der Waals surface area contributed by atoms with E-state index in [-0.39, 0.29) is 17.6 Å². The molecular weight excluding hydrogens is 412 g/mol. The van der Waals surface area contributed by atoms with Gasteiger partial charge in [0.15, 0.2) is 0 Å². The molecule has 2 fully saturated rings. The molecule has 2 aromatic rings. The normalized spacial score (nSPS) is 18.8. The highest BCUT2D eigenvalue weighted by molar-refractivity contribution is 8.26. The zero-order valence-corrected chi connectivity index (χ0v) is 17.3. The summed E-state index contributed by atoms with van der Waals surface area (Å²) in [5.41, 5.74) is 0.228. The van der Waals surface area contributed by atoms with E-state index in [0.29, 0.717) is 32.1 Å². The van der Waals surface area contributed by atoms with Crippen molar-refractivity contribution in [1.82, 2.24) is 4.90 Å². The number of methoxy groups -OCH3 is 1. The Kier molecular flexibility index (Phi) is 5.42. The molecule has 1 amide bonds. The van der Waals surface area contributed by atoms with E-state index in [2.05, 4.69) is 0 Å². The number of benzene rings is 1. The molecule has 2 aliphatic rings. The lowest BCUT2D eigenvalue weighted by molar-refractivity contribution is -0.384. The van der Waals surface area contributed by atoms with Crippen molar-refractivity contribution in [3.05, 3.63) is 51.1 Å². The zero-order valence-electron chi connectivity index (χ0n) is 15.6. The van der Waals surface area contributed by atoms with Gasteiger partial charge in [-0.25, -0.2) is 0 Å². The van der Waals surface area contributed by atoms with Gasteiger partial charge in [-0.3, -0.25) is 19.8 Å². The van der Waals surface area contributed by atoms with Gasteiger partial charge >= 0.3 is 0 Å². The van der Waals surface area contributed by atoms with E-state index >= 15 is 0 Å². The van der Waals surface area contributed by atoms with E-state index in [0.717, 1.165) is 25.7 Å². The van der Waals surface area contributed by atoms with E-state index in [1.807, 2.05) is 0 Å². The van der Waals surface area contributed by atoms with Crippen molar-refractivity contribution in [3.8, 4) is 17.1 Å². The molecule has 7 nitrogen and oxygen atoms in total. The van der Waals surface area contributed by atoms with E-state index < -0.39 is 4.92 Å². The summed E-state index contributed by atoms with van der Waals surface area (Å²) in [7, 11) is 1.45. The molecule has 4 rings (SSSR count). The quantitative estimate of drug-likeness (QED) is 0.285. The molecular formula is C20H18N2O5S2. The Morgan fingerprint density at radius 1 is 1.31 bits per heavy atom. The highest BCUT2D eigenvalue weighted by atomic mass is 32.2. The number of nitro groups is 1. The van der Waals surface area contributed by atoms with Crippen molar-refractivity contribution in [1.29, 1.82) is 0 Å². The molecule has 1 saturated heterocycles. The third kappa shape index (κ3) is 3.79. The second kappa shape index (κ2) is 8.00. The van der Waals surface area contributed by atoms with Gasteiger partial charge in [-0.15, -0.1) is 0 Å². The molecule has 1 aliphatic carbocycles. The average Bonchev–Trinajstić information content (AvgIpc) is 3.43. The Hall–Kier alpha value is -2.65. The Labute approximate surface area is 176 Å². The number of rotatable bonds is 5. The van der Waals surface area contributed by atoms with Crippen LogP contribution in [0.15, 0.2) is 39.7 Å². The van der Waals surface area contributed by atoms with E-state index in [9.17, 15) is 14.9 Å². The van der Waals surface area contributed by atoms with Gasteiger partial charge in [-0.1, -0.05) is 36.8 Å². The summed E-state index contributed by atoms with van der Waals surface area (Å²) >= 11 is 6.67. The van der Waals surface area contributed by atoms with Crippen LogP contribution in [0.5, 0.6) is 5.75 Å². The minimum atomic E-state index is -0.479. The number of thiocarbonyl (C=S) groups is 1. The number of carbonyl (C=O) groups is 1. The molecule has 0 N–H and O–H groups in total. The molecule has 0 bridgehead atoms. The fourth-order valence-corrected chi connectivity index (χ4v) is 5.04. The van der Waals surface area contributed by atoms with Crippen molar-refractivity contribution in [3.63, 3.8) is 0 Å². The Balaban J connectivity index is 1.61. The van der Waals surface area contributed by atoms with Crippen LogP contribution in [-0.2, 0) is 4.79 Å². The first kappa shape index (κ1) is 19.7. The summed E-state index contributed by atoms with van der Waals surface area (Å²) in [5, 5.41) is 11.4.